The Bertz CT molecular complexity index is 610. The van der Waals surface area contributed by atoms with E-state index in [0.717, 1.165) is 6.20 Å². The number of hydrogen-bond acceptors (Lipinski definition) is 6. The molecular formula is C10H9F3N2O6. The molecule has 0 aliphatic heterocycles. The predicted molar refractivity (Wildman–Crippen MR) is 60.7 cm³/mol. The summed E-state index contributed by atoms with van der Waals surface area (Å²) >= 11 is 0. The SMILES string of the molecule is CCOC(=O)Cc1c[nH]c(=O)c(OC(F)(F)F)c1[N+](=O)[O-]. The fourth-order valence-electron chi connectivity index (χ4n) is 1.45. The number of ether oxygens (including phenoxy) is 2. The molecule has 0 atom stereocenters. The lowest BCUT2D eigenvalue weighted by Crippen LogP contribution is -2.24. The van der Waals surface area contributed by atoms with Gasteiger partial charge in [0, 0.05) is 6.20 Å². The van der Waals surface area contributed by atoms with Gasteiger partial charge in [-0.1, -0.05) is 0 Å². The summed E-state index contributed by atoms with van der Waals surface area (Å²) in [6.07, 6.45) is -5.21. The first-order chi connectivity index (χ1) is 9.65. The Morgan fingerprint density at radius 3 is 2.57 bits per heavy atom. The average molecular weight is 310 g/mol. The van der Waals surface area contributed by atoms with Crippen LogP contribution in [-0.4, -0.2) is 28.8 Å². The minimum atomic E-state index is -5.29. The number of pyridine rings is 1. The molecular weight excluding hydrogens is 301 g/mol. The molecule has 0 aliphatic carbocycles. The maximum Gasteiger partial charge on any atom is 0.573 e. The Morgan fingerprint density at radius 2 is 2.10 bits per heavy atom. The molecule has 0 fully saturated rings. The highest BCUT2D eigenvalue weighted by Crippen LogP contribution is 2.31. The zero-order valence-electron chi connectivity index (χ0n) is 10.5. The monoisotopic (exact) mass is 310 g/mol. The smallest absolute Gasteiger partial charge is 0.466 e. The van der Waals surface area contributed by atoms with E-state index in [4.69, 9.17) is 0 Å². The molecule has 0 amide bonds. The molecule has 116 valence electrons. The number of carbonyl (C=O) groups excluding carboxylic acids is 1. The van der Waals surface area contributed by atoms with Crippen molar-refractivity contribution in [3.05, 3.63) is 32.2 Å². The van der Waals surface area contributed by atoms with Crippen molar-refractivity contribution in [1.29, 1.82) is 0 Å². The topological polar surface area (TPSA) is 112 Å². The number of aromatic nitrogens is 1. The van der Waals surface area contributed by atoms with E-state index in [1.165, 1.54) is 6.92 Å². The van der Waals surface area contributed by atoms with Crippen LogP contribution in [0.25, 0.3) is 0 Å². The minimum absolute atomic E-state index is 0.0120. The number of halogens is 3. The third kappa shape index (κ3) is 4.47. The van der Waals surface area contributed by atoms with Crippen molar-refractivity contribution in [1.82, 2.24) is 4.98 Å². The van der Waals surface area contributed by atoms with Crippen molar-refractivity contribution >= 4 is 11.7 Å². The molecule has 0 radical (unpaired) electrons. The first-order valence-corrected chi connectivity index (χ1v) is 5.46. The van der Waals surface area contributed by atoms with Crippen LogP contribution in [-0.2, 0) is 16.0 Å². The van der Waals surface area contributed by atoms with Crippen molar-refractivity contribution in [2.45, 2.75) is 19.7 Å². The fraction of sp³-hybridized carbons (Fsp3) is 0.400. The van der Waals surface area contributed by atoms with Crippen LogP contribution in [0.4, 0.5) is 18.9 Å². The molecule has 1 aromatic rings. The normalized spacial score (nSPS) is 11.0. The summed E-state index contributed by atoms with van der Waals surface area (Å²) in [7, 11) is 0. The zero-order chi connectivity index (χ0) is 16.2. The standard InChI is InChI=1S/C10H9F3N2O6/c1-2-20-6(16)3-5-4-14-9(17)8(7(5)15(18)19)21-10(11,12)13/h4H,2-3H2,1H3,(H,14,17). The van der Waals surface area contributed by atoms with Crippen LogP contribution in [0.3, 0.4) is 0 Å². The molecule has 1 heterocycles. The quantitative estimate of drug-likeness (QED) is 0.498. The number of H-pyrrole nitrogens is 1. The summed E-state index contributed by atoms with van der Waals surface area (Å²) in [6.45, 7) is 1.47. The molecule has 8 nitrogen and oxygen atoms in total. The number of esters is 1. The number of alkyl halides is 3. The molecule has 11 heteroatoms. The van der Waals surface area contributed by atoms with Gasteiger partial charge in [-0.25, -0.2) is 0 Å². The lowest BCUT2D eigenvalue weighted by atomic mass is 10.1. The van der Waals surface area contributed by atoms with Crippen LogP contribution < -0.4 is 10.3 Å². The van der Waals surface area contributed by atoms with Crippen LogP contribution in [0, 0.1) is 10.1 Å². The maximum atomic E-state index is 12.2. The van der Waals surface area contributed by atoms with Gasteiger partial charge in [-0.15, -0.1) is 13.2 Å². The average Bonchev–Trinajstić information content (AvgIpc) is 2.31. The van der Waals surface area contributed by atoms with E-state index in [2.05, 4.69) is 9.47 Å². The Morgan fingerprint density at radius 1 is 1.48 bits per heavy atom. The number of hydrogen-bond donors (Lipinski definition) is 1. The van der Waals surface area contributed by atoms with Gasteiger partial charge in [0.2, 0.25) is 0 Å². The molecule has 1 aromatic heterocycles. The summed E-state index contributed by atoms with van der Waals surface area (Å²) in [5.41, 5.74) is -3.13. The second kappa shape index (κ2) is 6.24. The lowest BCUT2D eigenvalue weighted by molar-refractivity contribution is -0.389. The van der Waals surface area contributed by atoms with E-state index in [1.54, 1.807) is 0 Å². The van der Waals surface area contributed by atoms with Crippen LogP contribution >= 0.6 is 0 Å². The number of nitrogens with zero attached hydrogens (tertiary/aromatic N) is 1. The summed E-state index contributed by atoms with van der Waals surface area (Å²) in [4.78, 5) is 34.0. The van der Waals surface area contributed by atoms with E-state index in [1.807, 2.05) is 4.98 Å². The van der Waals surface area contributed by atoms with Crippen LogP contribution in [0.5, 0.6) is 5.75 Å². The maximum absolute atomic E-state index is 12.2. The minimum Gasteiger partial charge on any atom is -0.466 e. The number of aromatic amines is 1. The van der Waals surface area contributed by atoms with Gasteiger partial charge < -0.3 is 14.5 Å². The van der Waals surface area contributed by atoms with E-state index < -0.39 is 46.2 Å². The molecule has 0 bridgehead atoms. The molecule has 1 rings (SSSR count). The number of nitrogens with one attached hydrogen (secondary N) is 1. The molecule has 1 N–H and O–H groups in total. The van der Waals surface area contributed by atoms with Gasteiger partial charge in [0.15, 0.2) is 0 Å². The molecule has 0 saturated carbocycles. The third-order valence-electron chi connectivity index (χ3n) is 2.14. The summed E-state index contributed by atoms with van der Waals surface area (Å²) in [5.74, 6) is -2.43. The van der Waals surface area contributed by atoms with E-state index in [-0.39, 0.29) is 6.61 Å². The van der Waals surface area contributed by atoms with Crippen molar-refractivity contribution in [2.24, 2.45) is 0 Å². The Hall–Kier alpha value is -2.59. The van der Waals surface area contributed by atoms with Crippen molar-refractivity contribution in [3.63, 3.8) is 0 Å². The number of rotatable bonds is 5. The van der Waals surface area contributed by atoms with Gasteiger partial charge in [0.05, 0.1) is 23.5 Å². The van der Waals surface area contributed by atoms with Crippen LogP contribution in [0.15, 0.2) is 11.0 Å². The number of nitro groups is 1. The fourth-order valence-corrected chi connectivity index (χ4v) is 1.45. The molecule has 21 heavy (non-hydrogen) atoms. The highest BCUT2D eigenvalue weighted by molar-refractivity contribution is 5.74. The molecule has 0 saturated heterocycles. The summed E-state index contributed by atoms with van der Waals surface area (Å²) < 4.78 is 44.5. The lowest BCUT2D eigenvalue weighted by Gasteiger charge is -2.10. The van der Waals surface area contributed by atoms with Gasteiger partial charge in [-0.3, -0.25) is 19.7 Å². The Kier molecular flexibility index (Phi) is 4.89. The molecule has 0 aromatic carbocycles. The zero-order valence-corrected chi connectivity index (χ0v) is 10.5. The van der Waals surface area contributed by atoms with Crippen molar-refractivity contribution < 1.29 is 32.4 Å². The predicted octanol–water partition coefficient (Wildman–Crippen LogP) is 1.29. The van der Waals surface area contributed by atoms with Crippen molar-refractivity contribution in [3.8, 4) is 5.75 Å². The van der Waals surface area contributed by atoms with E-state index >= 15 is 0 Å². The summed E-state index contributed by atoms with van der Waals surface area (Å²) in [6, 6.07) is 0. The molecule has 0 aliphatic rings. The summed E-state index contributed by atoms with van der Waals surface area (Å²) in [5, 5.41) is 10.9. The van der Waals surface area contributed by atoms with Gasteiger partial charge in [-0.05, 0) is 6.92 Å². The van der Waals surface area contributed by atoms with Gasteiger partial charge >= 0.3 is 18.0 Å². The third-order valence-corrected chi connectivity index (χ3v) is 2.14. The number of carbonyl (C=O) groups is 1. The van der Waals surface area contributed by atoms with Gasteiger partial charge in [0.25, 0.3) is 11.3 Å². The molecule has 0 spiro atoms. The van der Waals surface area contributed by atoms with Crippen LogP contribution in [0.2, 0.25) is 0 Å². The Labute approximate surface area is 114 Å². The highest BCUT2D eigenvalue weighted by atomic mass is 19.4. The van der Waals surface area contributed by atoms with Gasteiger partial charge in [-0.2, -0.15) is 0 Å². The second-order valence-corrected chi connectivity index (χ2v) is 3.61. The first kappa shape index (κ1) is 16.5. The van der Waals surface area contributed by atoms with Gasteiger partial charge in [0.1, 0.15) is 0 Å². The highest BCUT2D eigenvalue weighted by Gasteiger charge is 2.37. The Balaban J connectivity index is 3.33. The molecule has 0 unspecified atom stereocenters. The van der Waals surface area contributed by atoms with Crippen LogP contribution in [0.1, 0.15) is 12.5 Å². The first-order valence-electron chi connectivity index (χ1n) is 5.46. The van der Waals surface area contributed by atoms with E-state index in [9.17, 15) is 32.9 Å². The second-order valence-electron chi connectivity index (χ2n) is 3.61. The van der Waals surface area contributed by atoms with E-state index in [0.29, 0.717) is 0 Å². The largest absolute Gasteiger partial charge is 0.573 e. The van der Waals surface area contributed by atoms with Crippen molar-refractivity contribution in [2.75, 3.05) is 6.61 Å².